The maximum absolute atomic E-state index is 12.6. The van der Waals surface area contributed by atoms with Crippen LogP contribution < -0.4 is 18.9 Å². The Bertz CT molecular complexity index is 5050. The monoisotopic (exact) mass is 1890 g/mol. The van der Waals surface area contributed by atoms with Crippen molar-refractivity contribution >= 4 is 45.5 Å². The van der Waals surface area contributed by atoms with Gasteiger partial charge in [0, 0.05) is 92.4 Å². The summed E-state index contributed by atoms with van der Waals surface area (Å²) >= 11 is 0. The van der Waals surface area contributed by atoms with E-state index in [1.54, 1.807) is 24.3 Å². The molecule has 0 fully saturated rings. The van der Waals surface area contributed by atoms with Crippen LogP contribution in [0.3, 0.4) is 0 Å². The first kappa shape index (κ1) is 104. The Morgan fingerprint density at radius 1 is 0.179 bits per heavy atom. The second kappa shape index (κ2) is 56.0. The Balaban J connectivity index is 0.800. The number of unbranched alkanes of at least 4 members (excludes halogenated alkanes) is 20. The van der Waals surface area contributed by atoms with Gasteiger partial charge in [-0.2, -0.15) is 40.9 Å². The zero-order valence-electron chi connectivity index (χ0n) is 82.5. The summed E-state index contributed by atoms with van der Waals surface area (Å²) in [5.41, 5.74) is 13.1. The Kier molecular flexibility index (Phi) is 41.6. The van der Waals surface area contributed by atoms with Crippen molar-refractivity contribution in [3.05, 3.63) is 309 Å². The molecule has 8 N–H and O–H groups in total. The number of hydrogen-bond donors (Lipinski definition) is 8. The lowest BCUT2D eigenvalue weighted by atomic mass is 9.76. The molecule has 0 aromatic heterocycles. The van der Waals surface area contributed by atoms with E-state index < -0.39 is 23.7 Å². The van der Waals surface area contributed by atoms with Crippen LogP contribution >= 0.6 is 0 Å². The summed E-state index contributed by atoms with van der Waals surface area (Å²) in [7, 11) is 0. The van der Waals surface area contributed by atoms with Crippen molar-refractivity contribution in [2.75, 3.05) is 26.4 Å². The third kappa shape index (κ3) is 32.4. The van der Waals surface area contributed by atoms with Crippen LogP contribution in [0.25, 0.3) is 0 Å². The molecule has 20 heteroatoms. The van der Waals surface area contributed by atoms with Gasteiger partial charge in [-0.3, -0.25) is 0 Å². The minimum absolute atomic E-state index is 0.171. The fourth-order valence-electron chi connectivity index (χ4n) is 18.8. The molecule has 140 heavy (non-hydrogen) atoms. The molecule has 0 saturated carbocycles. The van der Waals surface area contributed by atoms with Crippen molar-refractivity contribution in [3.8, 4) is 69.0 Å². The molecule has 0 aliphatic heterocycles. The van der Waals surface area contributed by atoms with Crippen LogP contribution in [0.5, 0.6) is 69.0 Å². The second-order valence-electron chi connectivity index (χ2n) is 37.6. The number of aryl methyl sites for hydroxylation is 4. The highest BCUT2D eigenvalue weighted by molar-refractivity contribution is 5.63. The van der Waals surface area contributed by atoms with E-state index in [2.05, 4.69) is 117 Å². The summed E-state index contributed by atoms with van der Waals surface area (Å²) in [6.07, 6.45) is 36.2. The number of rotatable bonds is 56. The first-order valence-corrected chi connectivity index (χ1v) is 51.7. The Morgan fingerprint density at radius 2 is 0.329 bits per heavy atom. The number of phenolic OH excluding ortho intramolecular Hbond substituents is 8. The van der Waals surface area contributed by atoms with Gasteiger partial charge in [0.2, 0.25) is 0 Å². The highest BCUT2D eigenvalue weighted by Crippen LogP contribution is 2.53. The van der Waals surface area contributed by atoms with E-state index in [1.807, 2.05) is 146 Å². The van der Waals surface area contributed by atoms with Gasteiger partial charge in [0.25, 0.3) is 0 Å². The number of benzene rings is 12. The van der Waals surface area contributed by atoms with Crippen molar-refractivity contribution in [2.24, 2.45) is 40.9 Å². The first-order chi connectivity index (χ1) is 68.5. The van der Waals surface area contributed by atoms with Gasteiger partial charge in [-0.05, 0) is 295 Å². The van der Waals surface area contributed by atoms with Gasteiger partial charge in [0.15, 0.2) is 0 Å². The normalized spacial score (nSPS) is 14.3. The number of aromatic hydroxyl groups is 8. The number of azo groups is 4. The molecule has 0 saturated heterocycles. The number of hydrogen-bond acceptors (Lipinski definition) is 20. The van der Waals surface area contributed by atoms with Gasteiger partial charge >= 0.3 is 0 Å². The molecule has 12 aromatic rings. The lowest BCUT2D eigenvalue weighted by Crippen LogP contribution is -2.13. The van der Waals surface area contributed by atoms with Crippen LogP contribution in [-0.4, -0.2) is 67.3 Å². The average Bonchev–Trinajstić information content (AvgIpc) is 0.752. The van der Waals surface area contributed by atoms with Crippen LogP contribution in [0.1, 0.15) is 324 Å². The predicted octanol–water partition coefficient (Wildman–Crippen LogP) is 34.9. The quantitative estimate of drug-likeness (QED) is 0.0130. The molecule has 0 amide bonds. The van der Waals surface area contributed by atoms with E-state index in [-0.39, 0.29) is 98.1 Å². The maximum atomic E-state index is 12.6. The molecule has 13 rings (SSSR count). The van der Waals surface area contributed by atoms with Crippen molar-refractivity contribution in [1.29, 1.82) is 0 Å². The van der Waals surface area contributed by atoms with E-state index in [0.717, 1.165) is 74.1 Å². The topological polar surface area (TPSA) is 298 Å². The van der Waals surface area contributed by atoms with E-state index >= 15 is 0 Å². The smallest absolute Gasteiger partial charge is 0.123 e. The third-order valence-corrected chi connectivity index (χ3v) is 26.8. The fourth-order valence-corrected chi connectivity index (χ4v) is 18.8. The maximum Gasteiger partial charge on any atom is 0.123 e. The van der Waals surface area contributed by atoms with Crippen LogP contribution in [0, 0.1) is 0 Å². The summed E-state index contributed by atoms with van der Waals surface area (Å²) in [5.74, 6) is -3.70. The molecular weight excluding hydrogens is 1750 g/mol. The summed E-state index contributed by atoms with van der Waals surface area (Å²) in [6.45, 7) is 9.63. The van der Waals surface area contributed by atoms with E-state index in [1.165, 1.54) is 175 Å². The van der Waals surface area contributed by atoms with Crippen molar-refractivity contribution in [1.82, 2.24) is 0 Å². The fraction of sp³-hybridized carbons (Fsp3) is 0.400. The number of ether oxygens (including phenoxy) is 4. The summed E-state index contributed by atoms with van der Waals surface area (Å²) in [5, 5.41) is 137. The molecule has 12 aromatic carbocycles. The average molecular weight is 1890 g/mol. The highest BCUT2D eigenvalue weighted by atomic mass is 16.5. The molecule has 0 unspecified atom stereocenters. The number of nitrogens with zero attached hydrogens (tertiary/aromatic N) is 8. The van der Waals surface area contributed by atoms with Crippen molar-refractivity contribution in [3.63, 3.8) is 0 Å². The molecular formula is C120H144N8O12. The zero-order valence-corrected chi connectivity index (χ0v) is 82.5. The largest absolute Gasteiger partial charge is 0.508 e. The zero-order chi connectivity index (χ0) is 97.8. The standard InChI is InChI=1S/C120H144N8O12/c1-5-9-13-17-21-25-33-85-41-49-89(50-42-85)121-125-93-57-65-97(66-58-93)137-73-29-37-101-105-77-107(115(131)81-113(105)129)102(38-30-74-138-98-67-59-94(60-68-98)126-122-90-51-43-86(44-52-90)34-26-22-18-14-10-6-2)109-79-111(119(135)83-117(109)133)104(40-32-76-140-100-71-63-96(64-72-100)128-124-92-55-47-88(48-56-92)36-28-24-20-16-12-8-4)112-80-110(118(134)84-120(112)136)103(108-78-106(101)114(130)82-116(108)132)39-31-75-139-99-69-61-95(62-70-99)127-123-91-53-45-87(46-54-91)35-27-23-19-15-11-7-3/h41-72,77-84,101-104,129-136H,5-40,73-76H2,1-4H3. The van der Waals surface area contributed by atoms with Crippen LogP contribution in [0.2, 0.25) is 0 Å². The molecule has 0 spiro atoms. The predicted molar refractivity (Wildman–Crippen MR) is 562 cm³/mol. The van der Waals surface area contributed by atoms with E-state index in [9.17, 15) is 40.9 Å². The molecule has 0 radical (unpaired) electrons. The van der Waals surface area contributed by atoms with E-state index in [0.29, 0.717) is 116 Å². The molecule has 8 bridgehead atoms. The SMILES string of the molecule is CCCCCCCCc1ccc(N=Nc2ccc(OCCCC3c4cc(c(O)cc4O)C(CCCOc4ccc(N=Nc5ccc(CCCCCCCC)cc5)cc4)c4cc(c(O)cc4O)C(CCCOc4ccc(N=Nc5ccc(CCCCCCCC)cc5)cc4)c4cc(c(O)cc4O)C(CCCOc4ccc(N=Nc5ccc(CCCCCCCC)cc5)cc4)c4cc3c(O)cc4O)cc2)cc1. The molecule has 1 aliphatic rings. The van der Waals surface area contributed by atoms with E-state index in [4.69, 9.17) is 18.9 Å². The van der Waals surface area contributed by atoms with Gasteiger partial charge in [-0.15, -0.1) is 0 Å². The lowest BCUT2D eigenvalue weighted by molar-refractivity contribution is 0.301. The van der Waals surface area contributed by atoms with Gasteiger partial charge in [-0.1, -0.05) is 205 Å². The Hall–Kier alpha value is -13.4. The minimum Gasteiger partial charge on any atom is -0.508 e. The number of fused-ring (bicyclic) bond motifs is 8. The Morgan fingerprint density at radius 3 is 0.493 bits per heavy atom. The van der Waals surface area contributed by atoms with Gasteiger partial charge < -0.3 is 59.8 Å². The van der Waals surface area contributed by atoms with Crippen LogP contribution in [-0.2, 0) is 25.7 Å². The molecule has 0 atom stereocenters. The van der Waals surface area contributed by atoms with Crippen LogP contribution in [0.15, 0.2) is 284 Å². The van der Waals surface area contributed by atoms with Gasteiger partial charge in [-0.25, -0.2) is 0 Å². The van der Waals surface area contributed by atoms with Crippen molar-refractivity contribution in [2.45, 2.75) is 283 Å². The van der Waals surface area contributed by atoms with Gasteiger partial charge in [0.05, 0.1) is 71.9 Å². The van der Waals surface area contributed by atoms with Crippen LogP contribution in [0.4, 0.5) is 45.5 Å². The summed E-state index contributed by atoms with van der Waals surface area (Å²) in [6, 6.07) is 74.3. The third-order valence-electron chi connectivity index (χ3n) is 26.8. The molecule has 0 heterocycles. The first-order valence-electron chi connectivity index (χ1n) is 51.7. The minimum atomic E-state index is -0.896. The molecule has 20 nitrogen and oxygen atoms in total. The molecule has 1 aliphatic carbocycles. The highest BCUT2D eigenvalue weighted by Gasteiger charge is 2.34. The van der Waals surface area contributed by atoms with Gasteiger partial charge in [0.1, 0.15) is 69.0 Å². The molecule has 736 valence electrons. The summed E-state index contributed by atoms with van der Waals surface area (Å²) < 4.78 is 25.9. The Labute approximate surface area is 828 Å². The summed E-state index contributed by atoms with van der Waals surface area (Å²) in [4.78, 5) is 0. The van der Waals surface area contributed by atoms with Crippen molar-refractivity contribution < 1.29 is 59.8 Å². The lowest BCUT2D eigenvalue weighted by Gasteiger charge is -2.29. The second-order valence-corrected chi connectivity index (χ2v) is 37.6. The number of phenols is 8.